The average molecular weight is 1170 g/mol. The molecule has 0 rings (SSSR count). The highest BCUT2D eigenvalue weighted by atomic mass is 31.2. The Morgan fingerprint density at radius 1 is 0.427 bits per heavy atom. The number of nitrogens with zero attached hydrogens (tertiary/aromatic N) is 1. The summed E-state index contributed by atoms with van der Waals surface area (Å²) in [5.41, 5.74) is 0. The Morgan fingerprint density at radius 3 is 1.13 bits per heavy atom. The number of carbonyl (C=O) groups excluding carboxylic acids is 2. The molecule has 3 atom stereocenters. The number of unbranched alkanes of at least 4 members (excludes halogenated alkanes) is 40. The van der Waals surface area contributed by atoms with Crippen LogP contribution in [0.25, 0.3) is 0 Å². The number of rotatable bonds is 64. The first kappa shape index (κ1) is 79.7. The fourth-order valence-electron chi connectivity index (χ4n) is 10.3. The number of likely N-dealkylation sites (N-methyl/N-ethyl adjacent to an activating group) is 1. The van der Waals surface area contributed by atoms with Gasteiger partial charge in [-0.2, -0.15) is 0 Å². The standard InChI is InChI=1S/C72H135N2O7P/c1-7-10-13-16-19-22-25-28-30-32-34-36-37-39-40-42-44-46-49-52-55-58-61-64-71(75)73-69(68-80-82(77,78)79-67-66-74(4,5)6)70(63-60-57-54-51-48-27-24-21-18-15-12-9-3)81-72(76)65-62-59-56-53-50-47-45-43-41-38-35-33-31-29-26-23-20-17-14-11-8-2/h20,23,29,31,35,38,43,45,60,63,69-70H,7-19,21-22,24-28,30,32-34,36-37,39-42,44,46-59,61-62,64-68H2,1-6H3,(H-,73,75,77,78)/b23-20-,31-29-,38-35-,45-43-,63-60+. The fraction of sp³-hybridized carbons (Fsp3) is 0.833. The molecule has 0 radical (unpaired) electrons. The van der Waals surface area contributed by atoms with Crippen molar-refractivity contribution in [2.24, 2.45) is 0 Å². The molecule has 0 saturated carbocycles. The highest BCUT2D eigenvalue weighted by molar-refractivity contribution is 7.45. The highest BCUT2D eigenvalue weighted by Gasteiger charge is 2.27. The van der Waals surface area contributed by atoms with Crippen LogP contribution in [0, 0.1) is 0 Å². The number of esters is 1. The van der Waals surface area contributed by atoms with Gasteiger partial charge in [-0.25, -0.2) is 0 Å². The second-order valence-corrected chi connectivity index (χ2v) is 26.5. The van der Waals surface area contributed by atoms with Crippen molar-refractivity contribution in [1.82, 2.24) is 5.32 Å². The van der Waals surface area contributed by atoms with Crippen molar-refractivity contribution in [3.8, 4) is 0 Å². The van der Waals surface area contributed by atoms with E-state index >= 15 is 0 Å². The van der Waals surface area contributed by atoms with Gasteiger partial charge in [-0.1, -0.05) is 307 Å². The summed E-state index contributed by atoms with van der Waals surface area (Å²) in [4.78, 5) is 40.1. The summed E-state index contributed by atoms with van der Waals surface area (Å²) in [6.07, 6.45) is 79.1. The molecular formula is C72H135N2O7P. The second kappa shape index (κ2) is 61.8. The zero-order valence-electron chi connectivity index (χ0n) is 54.9. The molecule has 10 heteroatoms. The largest absolute Gasteiger partial charge is 0.756 e. The molecule has 0 aliphatic heterocycles. The molecule has 0 heterocycles. The molecule has 0 saturated heterocycles. The molecule has 0 aromatic heterocycles. The molecule has 0 spiro atoms. The van der Waals surface area contributed by atoms with E-state index in [9.17, 15) is 19.0 Å². The summed E-state index contributed by atoms with van der Waals surface area (Å²) in [5, 5.41) is 3.04. The van der Waals surface area contributed by atoms with Crippen LogP contribution in [0.2, 0.25) is 0 Å². The maximum atomic E-state index is 13.6. The fourth-order valence-corrected chi connectivity index (χ4v) is 11.0. The third-order valence-electron chi connectivity index (χ3n) is 15.7. The number of amides is 1. The van der Waals surface area contributed by atoms with Gasteiger partial charge in [0.15, 0.2) is 0 Å². The molecule has 82 heavy (non-hydrogen) atoms. The Balaban J connectivity index is 5.12. The van der Waals surface area contributed by atoms with Crippen molar-refractivity contribution in [3.63, 3.8) is 0 Å². The van der Waals surface area contributed by atoms with Gasteiger partial charge >= 0.3 is 5.97 Å². The van der Waals surface area contributed by atoms with Gasteiger partial charge in [0.25, 0.3) is 7.82 Å². The number of phosphoric ester groups is 1. The quantitative estimate of drug-likeness (QED) is 0.0212. The van der Waals surface area contributed by atoms with E-state index in [-0.39, 0.29) is 24.9 Å². The zero-order chi connectivity index (χ0) is 60.0. The number of nitrogens with one attached hydrogen (secondary N) is 1. The molecule has 480 valence electrons. The molecule has 0 bridgehead atoms. The van der Waals surface area contributed by atoms with Gasteiger partial charge in [-0.05, 0) is 76.7 Å². The van der Waals surface area contributed by atoms with Gasteiger partial charge in [0, 0.05) is 12.8 Å². The van der Waals surface area contributed by atoms with Crippen LogP contribution in [-0.2, 0) is 27.9 Å². The van der Waals surface area contributed by atoms with E-state index < -0.39 is 26.6 Å². The van der Waals surface area contributed by atoms with E-state index in [0.29, 0.717) is 23.9 Å². The normalized spacial score (nSPS) is 13.9. The molecule has 0 aromatic rings. The van der Waals surface area contributed by atoms with Gasteiger partial charge in [-0.15, -0.1) is 0 Å². The third kappa shape index (κ3) is 62.2. The van der Waals surface area contributed by atoms with E-state index in [1.165, 1.54) is 205 Å². The van der Waals surface area contributed by atoms with E-state index in [4.69, 9.17) is 13.8 Å². The van der Waals surface area contributed by atoms with Crippen LogP contribution in [0.5, 0.6) is 0 Å². The van der Waals surface area contributed by atoms with Gasteiger partial charge in [0.1, 0.15) is 19.3 Å². The molecule has 1 amide bonds. The van der Waals surface area contributed by atoms with Gasteiger partial charge in [0.2, 0.25) is 5.91 Å². The van der Waals surface area contributed by atoms with Crippen LogP contribution in [-0.4, -0.2) is 69.4 Å². The predicted molar refractivity (Wildman–Crippen MR) is 353 cm³/mol. The highest BCUT2D eigenvalue weighted by Crippen LogP contribution is 2.38. The summed E-state index contributed by atoms with van der Waals surface area (Å²) in [6, 6.07) is -0.896. The van der Waals surface area contributed by atoms with Crippen LogP contribution in [0.15, 0.2) is 60.8 Å². The van der Waals surface area contributed by atoms with Crippen molar-refractivity contribution < 1.29 is 37.3 Å². The van der Waals surface area contributed by atoms with Gasteiger partial charge in [0.05, 0.1) is 33.8 Å². The van der Waals surface area contributed by atoms with Crippen molar-refractivity contribution in [3.05, 3.63) is 60.8 Å². The first-order valence-electron chi connectivity index (χ1n) is 35.1. The van der Waals surface area contributed by atoms with Crippen molar-refractivity contribution >= 4 is 19.7 Å². The molecule has 3 unspecified atom stereocenters. The van der Waals surface area contributed by atoms with Crippen molar-refractivity contribution in [2.45, 2.75) is 348 Å². The van der Waals surface area contributed by atoms with Crippen LogP contribution in [0.1, 0.15) is 335 Å². The smallest absolute Gasteiger partial charge is 0.306 e. The van der Waals surface area contributed by atoms with E-state index in [2.05, 4.69) is 74.7 Å². The Labute approximate surface area is 509 Å². The van der Waals surface area contributed by atoms with Crippen LogP contribution >= 0.6 is 7.82 Å². The summed E-state index contributed by atoms with van der Waals surface area (Å²) in [6.45, 7) is 6.85. The first-order chi connectivity index (χ1) is 39.9. The summed E-state index contributed by atoms with van der Waals surface area (Å²) >= 11 is 0. The molecule has 0 aliphatic rings. The minimum atomic E-state index is -4.71. The SMILES string of the molecule is CCCCC/C=C\C/C=C\C/C=C\C/C=C\CCCCCCCC(=O)OC(/C=C/CCCCCCCCCCCC)C(COP(=O)([O-])OCC[N+](C)(C)C)NC(=O)CCCCCCCCCCCCCCCCCCCCCCCCC. The number of ether oxygens (including phenoxy) is 1. The van der Waals surface area contributed by atoms with Crippen molar-refractivity contribution in [1.29, 1.82) is 0 Å². The lowest BCUT2D eigenvalue weighted by Crippen LogP contribution is -2.47. The Kier molecular flexibility index (Phi) is 60.1. The molecule has 0 fully saturated rings. The minimum absolute atomic E-state index is 0.0252. The number of hydrogen-bond donors (Lipinski definition) is 1. The first-order valence-corrected chi connectivity index (χ1v) is 36.6. The minimum Gasteiger partial charge on any atom is -0.756 e. The second-order valence-electron chi connectivity index (χ2n) is 25.0. The monoisotopic (exact) mass is 1170 g/mol. The van der Waals surface area contributed by atoms with Crippen LogP contribution in [0.4, 0.5) is 0 Å². The number of quaternary nitrogens is 1. The van der Waals surface area contributed by atoms with E-state index in [1.807, 2.05) is 33.3 Å². The molecular weight excluding hydrogens is 1040 g/mol. The molecule has 9 nitrogen and oxygen atoms in total. The summed E-state index contributed by atoms with van der Waals surface area (Å²) < 4.78 is 30.4. The maximum absolute atomic E-state index is 13.6. The molecule has 1 N–H and O–H groups in total. The van der Waals surface area contributed by atoms with E-state index in [0.717, 1.165) is 89.9 Å². The number of phosphoric acid groups is 1. The lowest BCUT2D eigenvalue weighted by molar-refractivity contribution is -0.870. The maximum Gasteiger partial charge on any atom is 0.306 e. The zero-order valence-corrected chi connectivity index (χ0v) is 55.8. The van der Waals surface area contributed by atoms with Crippen LogP contribution < -0.4 is 10.2 Å². The Morgan fingerprint density at radius 2 is 0.744 bits per heavy atom. The van der Waals surface area contributed by atoms with Crippen molar-refractivity contribution in [2.75, 3.05) is 40.9 Å². The Hall–Kier alpha value is -2.29. The third-order valence-corrected chi connectivity index (χ3v) is 16.7. The van der Waals surface area contributed by atoms with E-state index in [1.54, 1.807) is 0 Å². The molecule has 0 aromatic carbocycles. The summed E-state index contributed by atoms with van der Waals surface area (Å²) in [5.74, 6) is -0.549. The molecule has 0 aliphatic carbocycles. The van der Waals surface area contributed by atoms with Gasteiger partial charge in [-0.3, -0.25) is 14.2 Å². The summed E-state index contributed by atoms with van der Waals surface area (Å²) in [7, 11) is 1.18. The topological polar surface area (TPSA) is 114 Å². The lowest BCUT2D eigenvalue weighted by atomic mass is 10.0. The Bertz CT molecular complexity index is 1590. The van der Waals surface area contributed by atoms with Crippen LogP contribution in [0.3, 0.4) is 0 Å². The number of allylic oxidation sites excluding steroid dienone is 9. The lowest BCUT2D eigenvalue weighted by Gasteiger charge is -2.30. The predicted octanol–water partition coefficient (Wildman–Crippen LogP) is 21.5. The number of hydrogen-bond acceptors (Lipinski definition) is 7. The average Bonchev–Trinajstić information content (AvgIpc) is 3.44. The number of carbonyl (C=O) groups is 2. The van der Waals surface area contributed by atoms with Gasteiger partial charge < -0.3 is 28.5 Å².